The average molecular weight is 309 g/mol. The molecule has 7 nitrogen and oxygen atoms in total. The summed E-state index contributed by atoms with van der Waals surface area (Å²) < 4.78 is 0. The molecule has 122 valence electrons. The monoisotopic (exact) mass is 309 g/mol. The predicted molar refractivity (Wildman–Crippen MR) is 78.7 cm³/mol. The molecule has 0 unspecified atom stereocenters. The molecule has 2 saturated heterocycles. The molecule has 2 heterocycles. The Morgan fingerprint density at radius 3 is 2.59 bits per heavy atom. The second-order valence-corrected chi connectivity index (χ2v) is 7.00. The molecule has 22 heavy (non-hydrogen) atoms. The molecule has 1 saturated carbocycles. The van der Waals surface area contributed by atoms with Crippen molar-refractivity contribution in [2.45, 2.75) is 51.0 Å². The maximum atomic E-state index is 12.6. The number of hydrazine groups is 1. The van der Waals surface area contributed by atoms with Crippen molar-refractivity contribution in [1.82, 2.24) is 15.8 Å². The minimum Gasteiger partial charge on any atom is -0.327 e. The van der Waals surface area contributed by atoms with Crippen LogP contribution in [0.1, 0.15) is 45.4 Å². The topological polar surface area (TPSA) is 83.0 Å². The number of nitrogens with one attached hydrogen (secondary N) is 3. The van der Waals surface area contributed by atoms with E-state index in [-0.39, 0.29) is 11.8 Å². The third-order valence-corrected chi connectivity index (χ3v) is 5.25. The lowest BCUT2D eigenvalue weighted by atomic mass is 9.77. The smallest absolute Gasteiger partial charge is 0.327 e. The average Bonchev–Trinajstić information content (AvgIpc) is 3.06. The van der Waals surface area contributed by atoms with Gasteiger partial charge in [0.05, 0.1) is 13.1 Å². The van der Waals surface area contributed by atoms with Gasteiger partial charge in [-0.1, -0.05) is 6.92 Å². The molecule has 0 atom stereocenters. The van der Waals surface area contributed by atoms with E-state index in [4.69, 9.17) is 0 Å². The SMILES string of the molecule is CC1CCC2(CC1)NC(=O)N(NC(=O)C[NH+]1CCCC1)C2=O. The standard InChI is InChI=1S/C15H24N4O3/c1-11-4-6-15(7-5-11)13(21)19(14(22)16-15)17-12(20)10-18-8-2-3-9-18/h11H,2-10H2,1H3,(H,16,22)(H,17,20)/p+1. The first-order valence-electron chi connectivity index (χ1n) is 8.30. The minimum atomic E-state index is -0.794. The van der Waals surface area contributed by atoms with Crippen LogP contribution in [0.2, 0.25) is 0 Å². The summed E-state index contributed by atoms with van der Waals surface area (Å²) in [5, 5.41) is 3.70. The van der Waals surface area contributed by atoms with Crippen LogP contribution in [-0.2, 0) is 9.59 Å². The molecule has 7 heteroatoms. The van der Waals surface area contributed by atoms with E-state index in [1.807, 2.05) is 0 Å². The second kappa shape index (κ2) is 5.87. The lowest BCUT2D eigenvalue weighted by molar-refractivity contribution is -0.879. The van der Waals surface area contributed by atoms with E-state index in [2.05, 4.69) is 17.7 Å². The molecule has 0 radical (unpaired) electrons. The highest BCUT2D eigenvalue weighted by atomic mass is 16.2. The van der Waals surface area contributed by atoms with Crippen LogP contribution in [0.5, 0.6) is 0 Å². The van der Waals surface area contributed by atoms with Crippen molar-refractivity contribution < 1.29 is 19.3 Å². The number of carbonyl (C=O) groups is 3. The number of quaternary nitrogens is 1. The molecule has 0 aromatic rings. The summed E-state index contributed by atoms with van der Waals surface area (Å²) in [6.45, 7) is 4.44. The molecule has 0 aromatic carbocycles. The molecule has 0 bridgehead atoms. The molecule has 3 aliphatic rings. The predicted octanol–water partition coefficient (Wildman–Crippen LogP) is -0.803. The summed E-state index contributed by atoms with van der Waals surface area (Å²) in [6, 6.07) is -0.496. The number of likely N-dealkylation sites (tertiary alicyclic amines) is 1. The fourth-order valence-corrected chi connectivity index (χ4v) is 3.76. The van der Waals surface area contributed by atoms with Crippen molar-refractivity contribution in [3.05, 3.63) is 0 Å². The molecule has 4 amide bonds. The number of hydrogen-bond acceptors (Lipinski definition) is 3. The Morgan fingerprint density at radius 2 is 1.95 bits per heavy atom. The van der Waals surface area contributed by atoms with Gasteiger partial charge in [-0.15, -0.1) is 0 Å². The summed E-state index contributed by atoms with van der Waals surface area (Å²) in [7, 11) is 0. The van der Waals surface area contributed by atoms with E-state index in [0.717, 1.165) is 43.8 Å². The van der Waals surface area contributed by atoms with Gasteiger partial charge in [0.15, 0.2) is 6.54 Å². The van der Waals surface area contributed by atoms with Gasteiger partial charge >= 0.3 is 6.03 Å². The third kappa shape index (κ3) is 2.82. The fourth-order valence-electron chi connectivity index (χ4n) is 3.76. The fraction of sp³-hybridized carbons (Fsp3) is 0.800. The quantitative estimate of drug-likeness (QED) is 0.597. The van der Waals surface area contributed by atoms with Crippen LogP contribution in [0.4, 0.5) is 4.79 Å². The molecular weight excluding hydrogens is 284 g/mol. The van der Waals surface area contributed by atoms with Gasteiger partial charge in [0.1, 0.15) is 5.54 Å². The van der Waals surface area contributed by atoms with Gasteiger partial charge in [-0.3, -0.25) is 15.0 Å². The molecule has 1 aliphatic carbocycles. The minimum absolute atomic E-state index is 0.262. The maximum Gasteiger partial charge on any atom is 0.344 e. The Balaban J connectivity index is 1.60. The van der Waals surface area contributed by atoms with E-state index in [1.165, 1.54) is 4.90 Å². The summed E-state index contributed by atoms with van der Waals surface area (Å²) in [5.41, 5.74) is 1.71. The Morgan fingerprint density at radius 1 is 1.32 bits per heavy atom. The first-order chi connectivity index (χ1) is 10.5. The maximum absolute atomic E-state index is 12.6. The first-order valence-corrected chi connectivity index (χ1v) is 8.30. The van der Waals surface area contributed by atoms with Crippen LogP contribution in [0.15, 0.2) is 0 Å². The highest BCUT2D eigenvalue weighted by Gasteiger charge is 2.53. The van der Waals surface area contributed by atoms with Crippen molar-refractivity contribution in [2.24, 2.45) is 5.92 Å². The van der Waals surface area contributed by atoms with Crippen LogP contribution in [0.3, 0.4) is 0 Å². The number of carbonyl (C=O) groups excluding carboxylic acids is 3. The Hall–Kier alpha value is -1.63. The summed E-state index contributed by atoms with van der Waals surface area (Å²) in [5.74, 6) is 0.0218. The number of urea groups is 1. The number of hydrogen-bond donors (Lipinski definition) is 3. The van der Waals surface area contributed by atoms with E-state index >= 15 is 0 Å². The van der Waals surface area contributed by atoms with Gasteiger partial charge in [0.25, 0.3) is 11.8 Å². The van der Waals surface area contributed by atoms with E-state index in [1.54, 1.807) is 0 Å². The van der Waals surface area contributed by atoms with E-state index in [9.17, 15) is 14.4 Å². The van der Waals surface area contributed by atoms with Crippen LogP contribution in [-0.4, -0.2) is 48.0 Å². The van der Waals surface area contributed by atoms with Gasteiger partial charge < -0.3 is 10.2 Å². The summed E-state index contributed by atoms with van der Waals surface area (Å²) in [6.07, 6.45) is 5.42. The number of imide groups is 1. The van der Waals surface area contributed by atoms with Gasteiger partial charge in [0, 0.05) is 12.8 Å². The molecule has 3 rings (SSSR count). The molecule has 0 aromatic heterocycles. The number of rotatable bonds is 3. The van der Waals surface area contributed by atoms with Gasteiger partial charge in [0.2, 0.25) is 0 Å². The normalized spacial score (nSPS) is 32.6. The van der Waals surface area contributed by atoms with Crippen molar-refractivity contribution in [1.29, 1.82) is 0 Å². The van der Waals surface area contributed by atoms with Crippen molar-refractivity contribution in [2.75, 3.05) is 19.6 Å². The molecular formula is C15H25N4O3+. The zero-order chi connectivity index (χ0) is 15.7. The van der Waals surface area contributed by atoms with Crippen LogP contribution >= 0.6 is 0 Å². The van der Waals surface area contributed by atoms with Crippen molar-refractivity contribution >= 4 is 17.8 Å². The number of amides is 4. The number of nitrogens with zero attached hydrogens (tertiary/aromatic N) is 1. The van der Waals surface area contributed by atoms with Crippen LogP contribution in [0.25, 0.3) is 0 Å². The Bertz CT molecular complexity index is 479. The first kappa shape index (κ1) is 15.3. The highest BCUT2D eigenvalue weighted by Crippen LogP contribution is 2.35. The van der Waals surface area contributed by atoms with E-state index < -0.39 is 11.6 Å². The largest absolute Gasteiger partial charge is 0.344 e. The van der Waals surface area contributed by atoms with Crippen molar-refractivity contribution in [3.63, 3.8) is 0 Å². The zero-order valence-corrected chi connectivity index (χ0v) is 13.1. The zero-order valence-electron chi connectivity index (χ0n) is 13.1. The lowest BCUT2D eigenvalue weighted by Gasteiger charge is -2.33. The van der Waals surface area contributed by atoms with Crippen LogP contribution in [0, 0.1) is 5.92 Å². The van der Waals surface area contributed by atoms with Gasteiger partial charge in [-0.25, -0.2) is 4.79 Å². The summed E-state index contributed by atoms with van der Waals surface area (Å²) >= 11 is 0. The van der Waals surface area contributed by atoms with Gasteiger partial charge in [-0.05, 0) is 31.6 Å². The Labute approximate surface area is 130 Å². The second-order valence-electron chi connectivity index (χ2n) is 7.00. The molecule has 1 spiro atoms. The van der Waals surface area contributed by atoms with Crippen molar-refractivity contribution in [3.8, 4) is 0 Å². The molecule has 3 fully saturated rings. The molecule has 2 aliphatic heterocycles. The molecule has 3 N–H and O–H groups in total. The summed E-state index contributed by atoms with van der Waals surface area (Å²) in [4.78, 5) is 38.0. The third-order valence-electron chi connectivity index (χ3n) is 5.25. The van der Waals surface area contributed by atoms with Crippen LogP contribution < -0.4 is 15.6 Å². The van der Waals surface area contributed by atoms with Gasteiger partial charge in [-0.2, -0.15) is 5.01 Å². The highest BCUT2D eigenvalue weighted by molar-refractivity contribution is 6.08. The Kier molecular flexibility index (Phi) is 4.08. The van der Waals surface area contributed by atoms with E-state index in [0.29, 0.717) is 25.3 Å². The lowest BCUT2D eigenvalue weighted by Crippen LogP contribution is -3.11.